The van der Waals surface area contributed by atoms with Crippen molar-refractivity contribution in [3.05, 3.63) is 63.0 Å². The first-order chi connectivity index (χ1) is 13.4. The third-order valence-electron chi connectivity index (χ3n) is 4.51. The van der Waals surface area contributed by atoms with E-state index in [1.54, 1.807) is 4.52 Å². The molecule has 0 saturated heterocycles. The quantitative estimate of drug-likeness (QED) is 0.572. The zero-order chi connectivity index (χ0) is 20.3. The van der Waals surface area contributed by atoms with Crippen molar-refractivity contribution in [3.8, 4) is 0 Å². The summed E-state index contributed by atoms with van der Waals surface area (Å²) >= 11 is 3.50. The van der Waals surface area contributed by atoms with Crippen LogP contribution in [0.1, 0.15) is 39.8 Å². The maximum Gasteiger partial charge on any atom is 0.256 e. The average molecular weight is 444 g/mol. The number of nitrogens with zero attached hydrogens (tertiary/aromatic N) is 3. The summed E-state index contributed by atoms with van der Waals surface area (Å²) in [6.07, 6.45) is 2.27. The van der Waals surface area contributed by atoms with Crippen LogP contribution in [0.5, 0.6) is 0 Å². The molecule has 3 rings (SSSR count). The van der Waals surface area contributed by atoms with Gasteiger partial charge in [0.25, 0.3) is 5.91 Å². The normalized spacial score (nSPS) is 10.9. The number of halogens is 1. The molecule has 7 nitrogen and oxygen atoms in total. The minimum atomic E-state index is -0.258. The number of aromatic nitrogens is 3. The van der Waals surface area contributed by atoms with Crippen LogP contribution in [0.15, 0.2) is 34.9 Å². The largest absolute Gasteiger partial charge is 0.355 e. The van der Waals surface area contributed by atoms with Crippen molar-refractivity contribution in [2.24, 2.45) is 0 Å². The third kappa shape index (κ3) is 4.39. The van der Waals surface area contributed by atoms with Gasteiger partial charge in [0.2, 0.25) is 5.91 Å². The Morgan fingerprint density at radius 2 is 1.93 bits per heavy atom. The number of nitrogens with one attached hydrogen (secondary N) is 2. The fourth-order valence-corrected chi connectivity index (χ4v) is 3.53. The van der Waals surface area contributed by atoms with E-state index in [2.05, 4.69) is 48.8 Å². The molecular weight excluding hydrogens is 422 g/mol. The monoisotopic (exact) mass is 443 g/mol. The van der Waals surface area contributed by atoms with Gasteiger partial charge in [-0.3, -0.25) is 9.59 Å². The van der Waals surface area contributed by atoms with Gasteiger partial charge in [-0.25, -0.2) is 9.50 Å². The molecule has 28 heavy (non-hydrogen) atoms. The molecule has 0 aliphatic carbocycles. The summed E-state index contributed by atoms with van der Waals surface area (Å²) in [5, 5.41) is 9.79. The van der Waals surface area contributed by atoms with E-state index in [4.69, 9.17) is 0 Å². The molecule has 2 aromatic heterocycles. The van der Waals surface area contributed by atoms with Crippen LogP contribution in [0, 0.1) is 13.8 Å². The second-order valence-corrected chi connectivity index (χ2v) is 7.52. The summed E-state index contributed by atoms with van der Waals surface area (Å²) in [5.74, 6) is -0.387. The second kappa shape index (κ2) is 8.52. The standard InChI is InChI=1S/C20H22BrN5O2/c1-12-17(10-15-5-4-6-16(21)9-15)13(2)26-19(25-12)18(11-24-26)20(28)23-8-7-22-14(3)27/h4-6,9,11H,7-8,10H2,1-3H3,(H,22,27)(H,23,28). The van der Waals surface area contributed by atoms with E-state index in [1.807, 2.05) is 26.0 Å². The lowest BCUT2D eigenvalue weighted by molar-refractivity contribution is -0.118. The van der Waals surface area contributed by atoms with Crippen molar-refractivity contribution < 1.29 is 9.59 Å². The van der Waals surface area contributed by atoms with E-state index in [0.29, 0.717) is 24.3 Å². The Bertz CT molecular complexity index is 1040. The molecule has 0 radical (unpaired) electrons. The van der Waals surface area contributed by atoms with Gasteiger partial charge < -0.3 is 10.6 Å². The van der Waals surface area contributed by atoms with E-state index in [0.717, 1.165) is 27.8 Å². The molecule has 0 bridgehead atoms. The van der Waals surface area contributed by atoms with Crippen LogP contribution in [0.25, 0.3) is 5.65 Å². The Kier molecular flexibility index (Phi) is 6.08. The highest BCUT2D eigenvalue weighted by Gasteiger charge is 2.18. The van der Waals surface area contributed by atoms with E-state index in [9.17, 15) is 9.59 Å². The molecule has 2 N–H and O–H groups in total. The Hall–Kier alpha value is -2.74. The number of benzene rings is 1. The minimum absolute atomic E-state index is 0.129. The number of fused-ring (bicyclic) bond motifs is 1. The SMILES string of the molecule is CC(=O)NCCNC(=O)c1cnn2c(C)c(Cc3cccc(Br)c3)c(C)nc12. The predicted octanol–water partition coefficient (Wildman–Crippen LogP) is 2.57. The van der Waals surface area contributed by atoms with Crippen molar-refractivity contribution in [2.75, 3.05) is 13.1 Å². The van der Waals surface area contributed by atoms with Crippen molar-refractivity contribution in [1.29, 1.82) is 0 Å². The van der Waals surface area contributed by atoms with Crippen LogP contribution >= 0.6 is 15.9 Å². The molecule has 0 unspecified atom stereocenters. The van der Waals surface area contributed by atoms with Gasteiger partial charge in [-0.05, 0) is 37.1 Å². The third-order valence-corrected chi connectivity index (χ3v) is 5.00. The lowest BCUT2D eigenvalue weighted by Crippen LogP contribution is -2.33. The Balaban J connectivity index is 1.85. The molecule has 0 aliphatic rings. The van der Waals surface area contributed by atoms with Gasteiger partial charge in [0.05, 0.1) is 6.20 Å². The number of amides is 2. The number of hydrogen-bond donors (Lipinski definition) is 2. The molecular formula is C20H22BrN5O2. The number of aryl methyl sites for hydroxylation is 2. The minimum Gasteiger partial charge on any atom is -0.355 e. The van der Waals surface area contributed by atoms with Crippen molar-refractivity contribution in [3.63, 3.8) is 0 Å². The van der Waals surface area contributed by atoms with Crippen LogP contribution in [0.4, 0.5) is 0 Å². The summed E-state index contributed by atoms with van der Waals surface area (Å²) in [7, 11) is 0. The summed E-state index contributed by atoms with van der Waals surface area (Å²) in [6.45, 7) is 6.10. The second-order valence-electron chi connectivity index (χ2n) is 6.60. The summed E-state index contributed by atoms with van der Waals surface area (Å²) in [4.78, 5) is 28.0. The maximum atomic E-state index is 12.5. The van der Waals surface area contributed by atoms with E-state index in [-0.39, 0.29) is 11.8 Å². The topological polar surface area (TPSA) is 88.4 Å². The van der Waals surface area contributed by atoms with Gasteiger partial charge in [-0.2, -0.15) is 5.10 Å². The first-order valence-corrected chi connectivity index (χ1v) is 9.77. The summed E-state index contributed by atoms with van der Waals surface area (Å²) in [5.41, 5.74) is 5.04. The fraction of sp³-hybridized carbons (Fsp3) is 0.300. The number of carbonyl (C=O) groups is 2. The Morgan fingerprint density at radius 1 is 1.18 bits per heavy atom. The molecule has 0 saturated carbocycles. The molecule has 2 heterocycles. The number of carbonyl (C=O) groups excluding carboxylic acids is 2. The number of rotatable bonds is 6. The Labute approximate surface area is 171 Å². The van der Waals surface area contributed by atoms with E-state index >= 15 is 0 Å². The lowest BCUT2D eigenvalue weighted by atomic mass is 10.0. The highest BCUT2D eigenvalue weighted by Crippen LogP contribution is 2.21. The van der Waals surface area contributed by atoms with Crippen LogP contribution < -0.4 is 10.6 Å². The van der Waals surface area contributed by atoms with Crippen LogP contribution in [0.2, 0.25) is 0 Å². The van der Waals surface area contributed by atoms with Crippen molar-refractivity contribution in [2.45, 2.75) is 27.2 Å². The van der Waals surface area contributed by atoms with E-state index < -0.39 is 0 Å². The van der Waals surface area contributed by atoms with Gasteiger partial charge in [-0.15, -0.1) is 0 Å². The zero-order valence-corrected chi connectivity index (χ0v) is 17.6. The molecule has 8 heteroatoms. The maximum absolute atomic E-state index is 12.5. The lowest BCUT2D eigenvalue weighted by Gasteiger charge is -2.12. The zero-order valence-electron chi connectivity index (χ0n) is 16.0. The fourth-order valence-electron chi connectivity index (χ4n) is 3.09. The molecule has 1 aromatic carbocycles. The Morgan fingerprint density at radius 3 is 2.64 bits per heavy atom. The van der Waals surface area contributed by atoms with Gasteiger partial charge in [0, 0.05) is 42.3 Å². The van der Waals surface area contributed by atoms with Crippen LogP contribution in [-0.2, 0) is 11.2 Å². The van der Waals surface area contributed by atoms with Gasteiger partial charge >= 0.3 is 0 Å². The average Bonchev–Trinajstić information content (AvgIpc) is 3.06. The molecule has 0 atom stereocenters. The highest BCUT2D eigenvalue weighted by atomic mass is 79.9. The predicted molar refractivity (Wildman–Crippen MR) is 110 cm³/mol. The smallest absolute Gasteiger partial charge is 0.256 e. The molecule has 0 fully saturated rings. The molecule has 146 valence electrons. The first-order valence-electron chi connectivity index (χ1n) is 8.97. The molecule has 0 aliphatic heterocycles. The van der Waals surface area contributed by atoms with Gasteiger partial charge in [0.1, 0.15) is 5.56 Å². The molecule has 3 aromatic rings. The molecule has 0 spiro atoms. The molecule has 2 amide bonds. The van der Waals surface area contributed by atoms with Crippen LogP contribution in [0.3, 0.4) is 0 Å². The van der Waals surface area contributed by atoms with E-state index in [1.165, 1.54) is 18.7 Å². The van der Waals surface area contributed by atoms with Gasteiger partial charge in [0.15, 0.2) is 5.65 Å². The first kappa shape index (κ1) is 20.0. The number of hydrogen-bond acceptors (Lipinski definition) is 4. The summed E-state index contributed by atoms with van der Waals surface area (Å²) < 4.78 is 2.75. The van der Waals surface area contributed by atoms with Gasteiger partial charge in [-0.1, -0.05) is 28.1 Å². The van der Waals surface area contributed by atoms with Crippen LogP contribution in [-0.4, -0.2) is 39.5 Å². The highest BCUT2D eigenvalue weighted by molar-refractivity contribution is 9.10. The van der Waals surface area contributed by atoms with Crippen molar-refractivity contribution in [1.82, 2.24) is 25.2 Å². The van der Waals surface area contributed by atoms with Crippen molar-refractivity contribution >= 4 is 33.4 Å². The summed E-state index contributed by atoms with van der Waals surface area (Å²) in [6, 6.07) is 8.16.